The number of nitrogens with zero attached hydrogens (tertiary/aromatic N) is 1. The standard InChI is InChI=1S/C28H31N3O5S/c1-5-28(3,4)30-27(34)25(19-10-8-18(2)9-11-19)31(20-12-13-21-22(15-20)36-17-35-21)24(32)16-29-26(33)23-7-6-14-37-23/h6-15,25H,5,16-17H2,1-4H3,(H,29,33)(H,30,34). The van der Waals surface area contributed by atoms with Gasteiger partial charge >= 0.3 is 0 Å². The average Bonchev–Trinajstić information content (AvgIpc) is 3.58. The van der Waals surface area contributed by atoms with Crippen molar-refractivity contribution in [2.45, 2.75) is 45.7 Å². The Morgan fingerprint density at radius 1 is 1.05 bits per heavy atom. The Labute approximate surface area is 220 Å². The van der Waals surface area contributed by atoms with Crippen LogP contribution in [0.3, 0.4) is 0 Å². The van der Waals surface area contributed by atoms with Crippen LogP contribution in [0.4, 0.5) is 5.69 Å². The van der Waals surface area contributed by atoms with E-state index in [1.807, 2.05) is 52.0 Å². The van der Waals surface area contributed by atoms with E-state index in [1.165, 1.54) is 16.2 Å². The fourth-order valence-corrected chi connectivity index (χ4v) is 4.50. The van der Waals surface area contributed by atoms with E-state index < -0.39 is 17.5 Å². The third-order valence-corrected chi connectivity index (χ3v) is 7.16. The summed E-state index contributed by atoms with van der Waals surface area (Å²) < 4.78 is 11.0. The molecule has 194 valence electrons. The fraction of sp³-hybridized carbons (Fsp3) is 0.321. The van der Waals surface area contributed by atoms with Crippen molar-refractivity contribution in [1.82, 2.24) is 10.6 Å². The summed E-state index contributed by atoms with van der Waals surface area (Å²) in [5.41, 5.74) is 1.64. The Kier molecular flexibility index (Phi) is 7.83. The maximum atomic E-state index is 13.8. The molecule has 0 spiro atoms. The molecule has 4 rings (SSSR count). The highest BCUT2D eigenvalue weighted by molar-refractivity contribution is 7.12. The van der Waals surface area contributed by atoms with E-state index in [0.29, 0.717) is 34.0 Å². The minimum Gasteiger partial charge on any atom is -0.454 e. The number of benzene rings is 2. The number of carbonyl (C=O) groups excluding carboxylic acids is 3. The van der Waals surface area contributed by atoms with Gasteiger partial charge in [0.05, 0.1) is 11.4 Å². The minimum atomic E-state index is -0.988. The lowest BCUT2D eigenvalue weighted by molar-refractivity contribution is -0.127. The van der Waals surface area contributed by atoms with Gasteiger partial charge in [-0.25, -0.2) is 0 Å². The van der Waals surface area contributed by atoms with Crippen molar-refractivity contribution in [2.75, 3.05) is 18.2 Å². The summed E-state index contributed by atoms with van der Waals surface area (Å²) in [5.74, 6) is -0.0805. The molecular weight excluding hydrogens is 490 g/mol. The van der Waals surface area contributed by atoms with Crippen LogP contribution in [0.5, 0.6) is 11.5 Å². The number of anilines is 1. The van der Waals surface area contributed by atoms with E-state index in [2.05, 4.69) is 10.6 Å². The molecule has 1 aliphatic heterocycles. The quantitative estimate of drug-likeness (QED) is 0.429. The van der Waals surface area contributed by atoms with Gasteiger partial charge in [0.25, 0.3) is 5.91 Å². The monoisotopic (exact) mass is 521 g/mol. The molecule has 0 radical (unpaired) electrons. The van der Waals surface area contributed by atoms with Crippen LogP contribution in [0, 0.1) is 6.92 Å². The second-order valence-corrected chi connectivity index (χ2v) is 10.4. The zero-order valence-electron chi connectivity index (χ0n) is 21.4. The van der Waals surface area contributed by atoms with E-state index in [4.69, 9.17) is 9.47 Å². The van der Waals surface area contributed by atoms with Gasteiger partial charge in [0.15, 0.2) is 11.5 Å². The van der Waals surface area contributed by atoms with Crippen molar-refractivity contribution < 1.29 is 23.9 Å². The minimum absolute atomic E-state index is 0.0795. The van der Waals surface area contributed by atoms with Crippen molar-refractivity contribution in [3.63, 3.8) is 0 Å². The van der Waals surface area contributed by atoms with E-state index >= 15 is 0 Å². The fourth-order valence-electron chi connectivity index (χ4n) is 3.86. The molecule has 0 bridgehead atoms. The zero-order chi connectivity index (χ0) is 26.6. The maximum absolute atomic E-state index is 13.8. The topological polar surface area (TPSA) is 97.0 Å². The molecule has 2 heterocycles. The summed E-state index contributed by atoms with van der Waals surface area (Å²) in [6.45, 7) is 7.60. The lowest BCUT2D eigenvalue weighted by Crippen LogP contribution is -2.52. The summed E-state index contributed by atoms with van der Waals surface area (Å²) in [5, 5.41) is 7.58. The van der Waals surface area contributed by atoms with Gasteiger partial charge in [-0.15, -0.1) is 11.3 Å². The first-order valence-corrected chi connectivity index (χ1v) is 13.0. The van der Waals surface area contributed by atoms with Gasteiger partial charge in [0.1, 0.15) is 6.04 Å². The van der Waals surface area contributed by atoms with Crippen molar-refractivity contribution in [1.29, 1.82) is 0 Å². The molecule has 0 fully saturated rings. The number of nitrogens with one attached hydrogen (secondary N) is 2. The van der Waals surface area contributed by atoms with E-state index in [9.17, 15) is 14.4 Å². The van der Waals surface area contributed by atoms with Gasteiger partial charge in [0, 0.05) is 17.3 Å². The lowest BCUT2D eigenvalue weighted by Gasteiger charge is -2.34. The summed E-state index contributed by atoms with van der Waals surface area (Å²) in [7, 11) is 0. The molecule has 0 aliphatic carbocycles. The maximum Gasteiger partial charge on any atom is 0.261 e. The first-order valence-electron chi connectivity index (χ1n) is 12.1. The van der Waals surface area contributed by atoms with Crippen LogP contribution in [0.2, 0.25) is 0 Å². The number of amides is 3. The molecule has 3 amide bonds. The molecular formula is C28H31N3O5S. The molecule has 0 saturated carbocycles. The Balaban J connectivity index is 1.74. The highest BCUT2D eigenvalue weighted by atomic mass is 32.1. The molecule has 1 aliphatic rings. The Bertz CT molecular complexity index is 1270. The number of hydrogen-bond donors (Lipinski definition) is 2. The third-order valence-electron chi connectivity index (χ3n) is 6.29. The Morgan fingerprint density at radius 3 is 2.46 bits per heavy atom. The number of aryl methyl sites for hydroxylation is 1. The SMILES string of the molecule is CCC(C)(C)NC(=O)C(c1ccc(C)cc1)N(C(=O)CNC(=O)c1cccs1)c1ccc2c(c1)OCO2. The zero-order valence-corrected chi connectivity index (χ0v) is 22.2. The van der Waals surface area contributed by atoms with Crippen LogP contribution in [0.25, 0.3) is 0 Å². The molecule has 1 aromatic heterocycles. The molecule has 3 aromatic rings. The van der Waals surface area contributed by atoms with Crippen molar-refractivity contribution in [3.05, 3.63) is 76.0 Å². The summed E-state index contributed by atoms with van der Waals surface area (Å²) in [6.07, 6.45) is 0.703. The van der Waals surface area contributed by atoms with Crippen LogP contribution in [0.1, 0.15) is 54.0 Å². The van der Waals surface area contributed by atoms with Gasteiger partial charge in [-0.1, -0.05) is 42.8 Å². The molecule has 0 saturated heterocycles. The highest BCUT2D eigenvalue weighted by Gasteiger charge is 2.35. The van der Waals surface area contributed by atoms with Gasteiger partial charge in [-0.2, -0.15) is 0 Å². The van der Waals surface area contributed by atoms with Gasteiger partial charge < -0.3 is 20.1 Å². The van der Waals surface area contributed by atoms with E-state index in [0.717, 1.165) is 5.56 Å². The molecule has 1 unspecified atom stereocenters. The average molecular weight is 522 g/mol. The predicted molar refractivity (Wildman–Crippen MR) is 143 cm³/mol. The first-order chi connectivity index (χ1) is 17.7. The number of rotatable bonds is 9. The van der Waals surface area contributed by atoms with Crippen molar-refractivity contribution in [3.8, 4) is 11.5 Å². The lowest BCUT2D eigenvalue weighted by atomic mass is 9.97. The largest absolute Gasteiger partial charge is 0.454 e. The number of hydrogen-bond acceptors (Lipinski definition) is 6. The number of thiophene rings is 1. The highest BCUT2D eigenvalue weighted by Crippen LogP contribution is 2.38. The normalized spacial score (nSPS) is 13.1. The van der Waals surface area contributed by atoms with Crippen molar-refractivity contribution >= 4 is 34.7 Å². The molecule has 8 nitrogen and oxygen atoms in total. The van der Waals surface area contributed by atoms with Crippen molar-refractivity contribution in [2.24, 2.45) is 0 Å². The second kappa shape index (κ2) is 11.0. The summed E-state index contributed by atoms with van der Waals surface area (Å²) in [6, 6.07) is 15.1. The van der Waals surface area contributed by atoms with Gasteiger partial charge in [-0.3, -0.25) is 19.3 Å². The predicted octanol–water partition coefficient (Wildman–Crippen LogP) is 4.59. The van der Waals surface area contributed by atoms with Crippen LogP contribution in [-0.4, -0.2) is 36.6 Å². The first kappa shape index (κ1) is 26.2. The van der Waals surface area contributed by atoms with Crippen LogP contribution >= 0.6 is 11.3 Å². The van der Waals surface area contributed by atoms with Gasteiger partial charge in [-0.05, 0) is 56.3 Å². The molecule has 37 heavy (non-hydrogen) atoms. The Morgan fingerprint density at radius 2 is 1.78 bits per heavy atom. The van der Waals surface area contributed by atoms with Crippen LogP contribution < -0.4 is 25.0 Å². The summed E-state index contributed by atoms with van der Waals surface area (Å²) in [4.78, 5) is 42.1. The molecule has 9 heteroatoms. The third kappa shape index (κ3) is 6.11. The van der Waals surface area contributed by atoms with Crippen LogP contribution in [0.15, 0.2) is 60.0 Å². The Hall–Kier alpha value is -3.85. The number of fused-ring (bicyclic) bond motifs is 1. The van der Waals surface area contributed by atoms with Crippen LogP contribution in [-0.2, 0) is 9.59 Å². The summed E-state index contributed by atoms with van der Waals surface area (Å²) >= 11 is 1.29. The number of ether oxygens (including phenoxy) is 2. The second-order valence-electron chi connectivity index (χ2n) is 9.50. The smallest absolute Gasteiger partial charge is 0.261 e. The van der Waals surface area contributed by atoms with E-state index in [1.54, 1.807) is 35.7 Å². The van der Waals surface area contributed by atoms with E-state index in [-0.39, 0.29) is 25.2 Å². The molecule has 2 N–H and O–H groups in total. The molecule has 1 atom stereocenters. The molecule has 2 aromatic carbocycles. The van der Waals surface area contributed by atoms with Gasteiger partial charge in [0.2, 0.25) is 18.6 Å². The number of carbonyl (C=O) groups is 3.